The molecule has 0 radical (unpaired) electrons. The minimum atomic E-state index is -2.26. The average Bonchev–Trinajstić information content (AvgIpc) is 2.07. The average molecular weight is 363 g/mol. The Morgan fingerprint density at radius 3 is 1.76 bits per heavy atom. The lowest BCUT2D eigenvalue weighted by atomic mass is 10.2. The van der Waals surface area contributed by atoms with Gasteiger partial charge in [0.05, 0.1) is 5.60 Å². The first-order valence-electron chi connectivity index (χ1n) is 8.27. The summed E-state index contributed by atoms with van der Waals surface area (Å²) in [5.41, 5.74) is -0.0165. The summed E-state index contributed by atoms with van der Waals surface area (Å²) in [7, 11) is -6.79. The van der Waals surface area contributed by atoms with E-state index in [9.17, 15) is 0 Å². The van der Waals surface area contributed by atoms with Gasteiger partial charge in [0.15, 0.2) is 8.32 Å². The van der Waals surface area contributed by atoms with E-state index in [2.05, 4.69) is 80.4 Å². The number of hydrogen-bond acceptors (Lipinski definition) is 2. The van der Waals surface area contributed by atoms with E-state index < -0.39 is 31.1 Å². The van der Waals surface area contributed by atoms with Gasteiger partial charge < -0.3 is 8.54 Å². The smallest absolute Gasteiger partial charge is 0.309 e. The van der Waals surface area contributed by atoms with Crippen LogP contribution in [0.2, 0.25) is 56.9 Å². The molecular weight excluding hydrogens is 325 g/mol. The van der Waals surface area contributed by atoms with Crippen molar-refractivity contribution in [3.05, 3.63) is 0 Å². The van der Waals surface area contributed by atoms with Crippen molar-refractivity contribution in [3.8, 4) is 0 Å². The van der Waals surface area contributed by atoms with E-state index >= 15 is 0 Å². The molecule has 1 saturated heterocycles. The van der Waals surface area contributed by atoms with E-state index in [1.807, 2.05) is 0 Å². The maximum atomic E-state index is 7.07. The fourth-order valence-corrected chi connectivity index (χ4v) is 48.5. The van der Waals surface area contributed by atoms with Crippen LogP contribution in [0.1, 0.15) is 34.6 Å². The van der Waals surface area contributed by atoms with Crippen molar-refractivity contribution in [2.45, 2.75) is 97.1 Å². The third kappa shape index (κ3) is 3.50. The van der Waals surface area contributed by atoms with Gasteiger partial charge in [-0.15, -0.1) is 0 Å². The standard InChI is InChI=1S/C15H38O2Si4/c1-14(2,3)21(17-18(6,7)8)16-15(4,5)13-19(9,10)20(21,11)12/h13H2,1-12H3. The first-order chi connectivity index (χ1) is 8.87. The zero-order valence-electron chi connectivity index (χ0n) is 16.5. The summed E-state index contributed by atoms with van der Waals surface area (Å²) >= 11 is 0. The van der Waals surface area contributed by atoms with Gasteiger partial charge in [0, 0.05) is 12.6 Å². The Hall–Kier alpha value is 0.788. The highest BCUT2D eigenvalue weighted by Gasteiger charge is 2.71. The molecule has 1 aliphatic rings. The SMILES string of the molecule is CC1(C)C[Si](C)(C)[Si](C)(C)[Si](O[Si](C)(C)C)(C(C)(C)C)O1. The predicted octanol–water partition coefficient (Wildman–Crippen LogP) is 5.46. The molecule has 1 heterocycles. The molecule has 0 bridgehead atoms. The summed E-state index contributed by atoms with van der Waals surface area (Å²) in [4.78, 5) is 0. The Bertz CT molecular complexity index is 401. The fourth-order valence-electron chi connectivity index (χ4n) is 4.11. The van der Waals surface area contributed by atoms with Gasteiger partial charge in [0.2, 0.25) is 0 Å². The van der Waals surface area contributed by atoms with E-state index in [-0.39, 0.29) is 10.6 Å². The van der Waals surface area contributed by atoms with E-state index in [1.54, 1.807) is 0 Å². The van der Waals surface area contributed by atoms with Crippen LogP contribution in [0.3, 0.4) is 0 Å². The summed E-state index contributed by atoms with van der Waals surface area (Å²) in [6, 6.07) is 1.28. The first kappa shape index (κ1) is 19.8. The molecule has 0 amide bonds. The monoisotopic (exact) mass is 362 g/mol. The van der Waals surface area contributed by atoms with E-state index in [1.165, 1.54) is 6.04 Å². The minimum Gasteiger partial charge on any atom is -0.438 e. The van der Waals surface area contributed by atoms with Crippen LogP contribution in [-0.2, 0) is 8.54 Å². The van der Waals surface area contributed by atoms with Crippen LogP contribution in [0.25, 0.3) is 0 Å². The van der Waals surface area contributed by atoms with E-state index in [0.29, 0.717) is 0 Å². The first-order valence-corrected chi connectivity index (χ1v) is 21.7. The molecule has 0 aromatic heterocycles. The van der Waals surface area contributed by atoms with Crippen LogP contribution >= 0.6 is 0 Å². The van der Waals surface area contributed by atoms with Crippen molar-refractivity contribution in [2.75, 3.05) is 0 Å². The molecule has 0 aromatic rings. The summed E-state index contributed by atoms with van der Waals surface area (Å²) < 4.78 is 14.1. The van der Waals surface area contributed by atoms with Crippen molar-refractivity contribution in [3.63, 3.8) is 0 Å². The number of hydrogen-bond donors (Lipinski definition) is 0. The van der Waals surface area contributed by atoms with Gasteiger partial charge in [-0.3, -0.25) is 0 Å². The highest BCUT2D eigenvalue weighted by Crippen LogP contribution is 2.54. The molecule has 1 aliphatic heterocycles. The molecule has 0 aromatic carbocycles. The second kappa shape index (κ2) is 5.14. The van der Waals surface area contributed by atoms with Gasteiger partial charge in [-0.05, 0) is 39.5 Å². The van der Waals surface area contributed by atoms with Crippen molar-refractivity contribution in [2.24, 2.45) is 0 Å². The third-order valence-electron chi connectivity index (χ3n) is 5.24. The highest BCUT2D eigenvalue weighted by atomic mass is 29.7. The maximum Gasteiger partial charge on any atom is 0.309 e. The van der Waals surface area contributed by atoms with Gasteiger partial charge in [-0.1, -0.05) is 47.0 Å². The van der Waals surface area contributed by atoms with Crippen LogP contribution in [0, 0.1) is 0 Å². The van der Waals surface area contributed by atoms with Crippen LogP contribution in [-0.4, -0.2) is 36.7 Å². The van der Waals surface area contributed by atoms with Crippen molar-refractivity contribution < 1.29 is 8.54 Å². The van der Waals surface area contributed by atoms with E-state index in [4.69, 9.17) is 8.54 Å². The van der Waals surface area contributed by atoms with Crippen molar-refractivity contribution in [1.29, 1.82) is 0 Å². The largest absolute Gasteiger partial charge is 0.438 e. The van der Waals surface area contributed by atoms with Gasteiger partial charge in [0.1, 0.15) is 7.11 Å². The Labute approximate surface area is 137 Å². The molecule has 2 nitrogen and oxygen atoms in total. The third-order valence-corrected chi connectivity index (χ3v) is 46.6. The van der Waals surface area contributed by atoms with Crippen molar-refractivity contribution >= 4 is 31.1 Å². The van der Waals surface area contributed by atoms with Crippen molar-refractivity contribution in [1.82, 2.24) is 0 Å². The Balaban J connectivity index is 3.58. The second-order valence-corrected chi connectivity index (χ2v) is 41.0. The Morgan fingerprint density at radius 1 is 1.00 bits per heavy atom. The van der Waals surface area contributed by atoms with Gasteiger partial charge in [-0.2, -0.15) is 0 Å². The van der Waals surface area contributed by atoms with Crippen LogP contribution in [0.4, 0.5) is 0 Å². The van der Waals surface area contributed by atoms with Crippen LogP contribution < -0.4 is 0 Å². The van der Waals surface area contributed by atoms with Crippen LogP contribution in [0.15, 0.2) is 0 Å². The Morgan fingerprint density at radius 2 is 1.43 bits per heavy atom. The quantitative estimate of drug-likeness (QED) is 0.607. The summed E-state index contributed by atoms with van der Waals surface area (Å²) in [5.74, 6) is 0. The lowest BCUT2D eigenvalue weighted by molar-refractivity contribution is 0.0809. The normalized spacial score (nSPS) is 32.0. The molecular formula is C15H38O2Si4. The zero-order chi connectivity index (χ0) is 17.1. The van der Waals surface area contributed by atoms with Gasteiger partial charge in [0.25, 0.3) is 0 Å². The molecule has 6 heteroatoms. The molecule has 1 rings (SSSR count). The molecule has 0 saturated carbocycles. The van der Waals surface area contributed by atoms with Crippen LogP contribution in [0.5, 0.6) is 0 Å². The summed E-state index contributed by atoms with van der Waals surface area (Å²) in [6.07, 6.45) is 0. The maximum absolute atomic E-state index is 7.07. The highest BCUT2D eigenvalue weighted by molar-refractivity contribution is 7.67. The topological polar surface area (TPSA) is 18.5 Å². The zero-order valence-corrected chi connectivity index (χ0v) is 20.5. The molecule has 0 aliphatic carbocycles. The van der Waals surface area contributed by atoms with Gasteiger partial charge >= 0.3 is 8.08 Å². The number of rotatable bonds is 2. The van der Waals surface area contributed by atoms with Gasteiger partial charge in [-0.25, -0.2) is 0 Å². The fraction of sp³-hybridized carbons (Fsp3) is 1.00. The molecule has 0 spiro atoms. The Kier molecular flexibility index (Phi) is 4.86. The predicted molar refractivity (Wildman–Crippen MR) is 105 cm³/mol. The summed E-state index contributed by atoms with van der Waals surface area (Å²) in [5, 5.41) is 0.144. The molecule has 1 unspecified atom stereocenters. The van der Waals surface area contributed by atoms with E-state index in [0.717, 1.165) is 0 Å². The molecule has 1 atom stereocenters. The minimum absolute atomic E-state index is 0.0165. The molecule has 1 fully saturated rings. The lowest BCUT2D eigenvalue weighted by Crippen LogP contribution is -2.84. The lowest BCUT2D eigenvalue weighted by Gasteiger charge is -2.64. The molecule has 126 valence electrons. The molecule has 21 heavy (non-hydrogen) atoms. The second-order valence-electron chi connectivity index (χ2n) is 10.6. The molecule has 0 N–H and O–H groups in total. The summed E-state index contributed by atoms with van der Waals surface area (Å²) in [6.45, 7) is 29.1.